The Morgan fingerprint density at radius 2 is 1.30 bits per heavy atom. The van der Waals surface area contributed by atoms with Crippen molar-refractivity contribution in [2.75, 3.05) is 0 Å². The SMILES string of the molecule is O=C(O)Cc1c(Cl)ccc(Cl)c1Cl.O=C(O)Cc1ccccc1. The molecule has 0 spiro atoms. The van der Waals surface area contributed by atoms with E-state index in [0.717, 1.165) is 5.56 Å². The summed E-state index contributed by atoms with van der Waals surface area (Å²) in [5.41, 5.74) is 1.19. The molecule has 0 saturated heterocycles. The minimum Gasteiger partial charge on any atom is -0.481 e. The fraction of sp³-hybridized carbons (Fsp3) is 0.125. The molecule has 0 aliphatic rings. The van der Waals surface area contributed by atoms with Crippen molar-refractivity contribution >= 4 is 46.7 Å². The van der Waals surface area contributed by atoms with E-state index in [9.17, 15) is 9.59 Å². The third-order valence-electron chi connectivity index (χ3n) is 2.67. The molecule has 0 amide bonds. The largest absolute Gasteiger partial charge is 0.481 e. The number of rotatable bonds is 4. The summed E-state index contributed by atoms with van der Waals surface area (Å²) in [5, 5.41) is 17.7. The molecule has 0 bridgehead atoms. The van der Waals surface area contributed by atoms with Crippen LogP contribution in [0.4, 0.5) is 0 Å². The summed E-state index contributed by atoms with van der Waals surface area (Å²) in [6, 6.07) is 12.2. The van der Waals surface area contributed by atoms with Gasteiger partial charge in [0.2, 0.25) is 0 Å². The Balaban J connectivity index is 0.000000238. The van der Waals surface area contributed by atoms with Gasteiger partial charge in [0, 0.05) is 10.6 Å². The number of carboxylic acids is 2. The highest BCUT2D eigenvalue weighted by atomic mass is 35.5. The van der Waals surface area contributed by atoms with Gasteiger partial charge in [0.15, 0.2) is 0 Å². The lowest BCUT2D eigenvalue weighted by atomic mass is 10.1. The van der Waals surface area contributed by atoms with Gasteiger partial charge >= 0.3 is 11.9 Å². The van der Waals surface area contributed by atoms with E-state index >= 15 is 0 Å². The molecule has 0 fully saturated rings. The Hall–Kier alpha value is -1.75. The molecule has 0 saturated carbocycles. The standard InChI is InChI=1S/C8H5Cl3O2.C8H8O2/c9-5-1-2-6(10)8(11)4(5)3-7(12)13;9-8(10)6-7-4-2-1-3-5-7/h1-2H,3H2,(H,12,13);1-5H,6H2,(H,9,10). The van der Waals surface area contributed by atoms with Gasteiger partial charge in [-0.3, -0.25) is 9.59 Å². The summed E-state index contributed by atoms with van der Waals surface area (Å²) in [7, 11) is 0. The highest BCUT2D eigenvalue weighted by molar-refractivity contribution is 6.44. The molecule has 2 aromatic rings. The van der Waals surface area contributed by atoms with Crippen molar-refractivity contribution in [3.8, 4) is 0 Å². The highest BCUT2D eigenvalue weighted by Gasteiger charge is 2.12. The van der Waals surface area contributed by atoms with Crippen LogP contribution in [0.25, 0.3) is 0 Å². The number of benzene rings is 2. The topological polar surface area (TPSA) is 74.6 Å². The molecular formula is C16H13Cl3O4. The predicted octanol–water partition coefficient (Wildman–Crippen LogP) is 4.59. The average molecular weight is 376 g/mol. The van der Waals surface area contributed by atoms with Gasteiger partial charge < -0.3 is 10.2 Å². The zero-order valence-electron chi connectivity index (χ0n) is 11.8. The molecule has 2 aromatic carbocycles. The van der Waals surface area contributed by atoms with Gasteiger partial charge in [0.25, 0.3) is 0 Å². The lowest BCUT2D eigenvalue weighted by molar-refractivity contribution is -0.137. The van der Waals surface area contributed by atoms with E-state index in [1.165, 1.54) is 12.1 Å². The van der Waals surface area contributed by atoms with Crippen LogP contribution >= 0.6 is 34.8 Å². The summed E-state index contributed by atoms with van der Waals surface area (Å²) in [6.45, 7) is 0. The van der Waals surface area contributed by atoms with Gasteiger partial charge in [-0.2, -0.15) is 0 Å². The molecule has 122 valence electrons. The maximum atomic E-state index is 10.4. The first kappa shape index (κ1) is 19.3. The van der Waals surface area contributed by atoms with Crippen molar-refractivity contribution in [3.05, 3.63) is 68.7 Å². The summed E-state index contributed by atoms with van der Waals surface area (Å²) in [6.07, 6.45) is -0.112. The van der Waals surface area contributed by atoms with Crippen LogP contribution in [0.15, 0.2) is 42.5 Å². The quantitative estimate of drug-likeness (QED) is 0.767. The van der Waals surface area contributed by atoms with E-state index in [4.69, 9.17) is 45.0 Å². The molecule has 0 heterocycles. The van der Waals surface area contributed by atoms with E-state index in [2.05, 4.69) is 0 Å². The molecule has 0 aliphatic heterocycles. The fourth-order valence-electron chi connectivity index (χ4n) is 1.65. The van der Waals surface area contributed by atoms with E-state index in [1.54, 1.807) is 12.1 Å². The number of carbonyl (C=O) groups is 2. The lowest BCUT2D eigenvalue weighted by Crippen LogP contribution is -2.01. The Morgan fingerprint density at radius 3 is 1.83 bits per heavy atom. The minimum atomic E-state index is -0.994. The fourth-order valence-corrected chi connectivity index (χ4v) is 2.33. The second kappa shape index (κ2) is 9.40. The molecule has 0 unspecified atom stereocenters. The van der Waals surface area contributed by atoms with Crippen LogP contribution in [0.1, 0.15) is 11.1 Å². The van der Waals surface area contributed by atoms with Crippen molar-refractivity contribution in [3.63, 3.8) is 0 Å². The molecule has 4 nitrogen and oxygen atoms in total. The van der Waals surface area contributed by atoms with E-state index in [-0.39, 0.29) is 17.9 Å². The smallest absolute Gasteiger partial charge is 0.307 e. The minimum absolute atomic E-state index is 0.112. The second-order valence-electron chi connectivity index (χ2n) is 4.45. The van der Waals surface area contributed by atoms with Crippen LogP contribution in [0, 0.1) is 0 Å². The van der Waals surface area contributed by atoms with Crippen LogP contribution in [0.2, 0.25) is 15.1 Å². The van der Waals surface area contributed by atoms with Crippen molar-refractivity contribution in [1.82, 2.24) is 0 Å². The number of hydrogen-bond acceptors (Lipinski definition) is 2. The number of halogens is 3. The van der Waals surface area contributed by atoms with Gasteiger partial charge in [0.1, 0.15) is 0 Å². The van der Waals surface area contributed by atoms with Gasteiger partial charge in [-0.25, -0.2) is 0 Å². The van der Waals surface area contributed by atoms with Gasteiger partial charge in [-0.1, -0.05) is 65.1 Å². The van der Waals surface area contributed by atoms with Gasteiger partial charge in [0.05, 0.1) is 22.9 Å². The second-order valence-corrected chi connectivity index (χ2v) is 5.64. The van der Waals surface area contributed by atoms with Crippen molar-refractivity contribution < 1.29 is 19.8 Å². The molecule has 0 aliphatic carbocycles. The molecule has 2 N–H and O–H groups in total. The number of carboxylic acid groups (broad SMARTS) is 2. The van der Waals surface area contributed by atoms with E-state index in [0.29, 0.717) is 15.6 Å². The Labute approximate surface area is 148 Å². The first-order chi connectivity index (χ1) is 10.8. The average Bonchev–Trinajstić information content (AvgIpc) is 2.48. The van der Waals surface area contributed by atoms with Crippen LogP contribution in [0.5, 0.6) is 0 Å². The Morgan fingerprint density at radius 1 is 0.783 bits per heavy atom. The molecule has 7 heteroatoms. The zero-order valence-corrected chi connectivity index (χ0v) is 14.1. The van der Waals surface area contributed by atoms with Crippen LogP contribution in [-0.2, 0) is 22.4 Å². The normalized spacial score (nSPS) is 9.70. The maximum Gasteiger partial charge on any atom is 0.307 e. The molecular weight excluding hydrogens is 363 g/mol. The first-order valence-corrected chi connectivity index (χ1v) is 7.54. The maximum absolute atomic E-state index is 10.4. The summed E-state index contributed by atoms with van der Waals surface area (Å²) < 4.78 is 0. The highest BCUT2D eigenvalue weighted by Crippen LogP contribution is 2.31. The monoisotopic (exact) mass is 374 g/mol. The molecule has 0 aromatic heterocycles. The summed E-state index contributed by atoms with van der Waals surface area (Å²) in [5.74, 6) is -1.78. The van der Waals surface area contributed by atoms with Crippen molar-refractivity contribution in [2.45, 2.75) is 12.8 Å². The summed E-state index contributed by atoms with van der Waals surface area (Å²) >= 11 is 17.2. The Bertz CT molecular complexity index is 687. The van der Waals surface area contributed by atoms with Gasteiger partial charge in [-0.05, 0) is 17.7 Å². The lowest BCUT2D eigenvalue weighted by Gasteiger charge is -2.05. The van der Waals surface area contributed by atoms with Gasteiger partial charge in [-0.15, -0.1) is 0 Å². The molecule has 23 heavy (non-hydrogen) atoms. The molecule has 0 radical (unpaired) electrons. The molecule has 0 atom stereocenters. The summed E-state index contributed by atoms with van der Waals surface area (Å²) in [4.78, 5) is 20.6. The van der Waals surface area contributed by atoms with E-state index < -0.39 is 11.9 Å². The first-order valence-electron chi connectivity index (χ1n) is 6.41. The van der Waals surface area contributed by atoms with E-state index in [1.807, 2.05) is 18.2 Å². The van der Waals surface area contributed by atoms with Crippen molar-refractivity contribution in [1.29, 1.82) is 0 Å². The van der Waals surface area contributed by atoms with Crippen LogP contribution < -0.4 is 0 Å². The molecule has 2 rings (SSSR count). The van der Waals surface area contributed by atoms with Crippen molar-refractivity contribution in [2.24, 2.45) is 0 Å². The zero-order chi connectivity index (χ0) is 17.4. The van der Waals surface area contributed by atoms with Crippen LogP contribution in [0.3, 0.4) is 0 Å². The number of hydrogen-bond donors (Lipinski definition) is 2. The third kappa shape index (κ3) is 6.91. The third-order valence-corrected chi connectivity index (χ3v) is 3.86. The predicted molar refractivity (Wildman–Crippen MR) is 90.6 cm³/mol. The Kier molecular flexibility index (Phi) is 7.89. The van der Waals surface area contributed by atoms with Crippen LogP contribution in [-0.4, -0.2) is 22.2 Å². The number of aliphatic carboxylic acids is 2.